The Morgan fingerprint density at radius 2 is 2.00 bits per heavy atom. The van der Waals surface area contributed by atoms with Gasteiger partial charge in [0.25, 0.3) is 11.4 Å². The van der Waals surface area contributed by atoms with Crippen molar-refractivity contribution < 1.29 is 4.52 Å². The topological polar surface area (TPSA) is 101 Å². The highest BCUT2D eigenvalue weighted by Gasteiger charge is 2.22. The zero-order valence-electron chi connectivity index (χ0n) is 15.5. The molecule has 4 heterocycles. The van der Waals surface area contributed by atoms with E-state index in [1.807, 2.05) is 10.6 Å². The van der Waals surface area contributed by atoms with Crippen molar-refractivity contribution in [3.63, 3.8) is 0 Å². The predicted octanol–water partition coefficient (Wildman–Crippen LogP) is 2.92. The van der Waals surface area contributed by atoms with Gasteiger partial charge in [0.15, 0.2) is 0 Å². The minimum absolute atomic E-state index is 0. The number of allylic oxidation sites excluding steroid dienone is 1. The van der Waals surface area contributed by atoms with Crippen LogP contribution in [0.4, 0.5) is 0 Å². The van der Waals surface area contributed by atoms with E-state index in [9.17, 15) is 4.79 Å². The molecule has 0 amide bonds. The summed E-state index contributed by atoms with van der Waals surface area (Å²) in [5.74, 6) is 1.28. The first-order chi connectivity index (χ1) is 13.3. The number of hydrogen-bond acceptors (Lipinski definition) is 6. The summed E-state index contributed by atoms with van der Waals surface area (Å²) in [6.07, 6.45) is 10.3. The number of fused-ring (bicyclic) bond motifs is 1. The van der Waals surface area contributed by atoms with Crippen LogP contribution in [0.2, 0.25) is 0 Å². The van der Waals surface area contributed by atoms with Gasteiger partial charge in [0.2, 0.25) is 5.82 Å². The molecule has 1 aliphatic carbocycles. The fourth-order valence-corrected chi connectivity index (χ4v) is 4.14. The van der Waals surface area contributed by atoms with Gasteiger partial charge < -0.3 is 14.8 Å². The molecule has 0 spiro atoms. The number of aromatic nitrogens is 5. The summed E-state index contributed by atoms with van der Waals surface area (Å²) in [7, 11) is 0. The van der Waals surface area contributed by atoms with E-state index in [1.165, 1.54) is 18.4 Å². The van der Waals surface area contributed by atoms with Gasteiger partial charge in [0, 0.05) is 18.1 Å². The number of nitrogens with zero attached hydrogens (tertiary/aromatic N) is 4. The molecular formula is C19H23ClN6O2. The van der Waals surface area contributed by atoms with Crippen LogP contribution in [0.25, 0.3) is 23.1 Å². The van der Waals surface area contributed by atoms with Crippen LogP contribution in [0.15, 0.2) is 27.2 Å². The van der Waals surface area contributed by atoms with E-state index in [0.29, 0.717) is 28.8 Å². The molecule has 3 aromatic heterocycles. The van der Waals surface area contributed by atoms with Gasteiger partial charge in [-0.3, -0.25) is 4.79 Å². The molecule has 1 aliphatic heterocycles. The van der Waals surface area contributed by atoms with E-state index in [1.54, 1.807) is 12.3 Å². The molecule has 3 aromatic rings. The third kappa shape index (κ3) is 3.49. The molecule has 0 radical (unpaired) electrons. The third-order valence-corrected chi connectivity index (χ3v) is 5.55. The van der Waals surface area contributed by atoms with Gasteiger partial charge in [0.1, 0.15) is 5.65 Å². The van der Waals surface area contributed by atoms with Crippen LogP contribution < -0.4 is 10.9 Å². The molecule has 1 saturated carbocycles. The second-order valence-electron chi connectivity index (χ2n) is 7.37. The second-order valence-corrected chi connectivity index (χ2v) is 7.37. The third-order valence-electron chi connectivity index (χ3n) is 5.55. The molecule has 148 valence electrons. The Labute approximate surface area is 167 Å². The highest BCUT2D eigenvalue weighted by atomic mass is 35.5. The van der Waals surface area contributed by atoms with E-state index in [-0.39, 0.29) is 18.0 Å². The zero-order chi connectivity index (χ0) is 18.2. The summed E-state index contributed by atoms with van der Waals surface area (Å²) in [5, 5.41) is 12.0. The van der Waals surface area contributed by atoms with E-state index in [0.717, 1.165) is 44.5 Å². The Morgan fingerprint density at radius 3 is 2.79 bits per heavy atom. The largest absolute Gasteiger partial charge is 0.334 e. The Morgan fingerprint density at radius 1 is 1.21 bits per heavy atom. The summed E-state index contributed by atoms with van der Waals surface area (Å²) in [6.45, 7) is 1.91. The molecule has 2 N–H and O–H groups in total. The van der Waals surface area contributed by atoms with Crippen molar-refractivity contribution in [3.8, 4) is 11.4 Å². The number of nitrogens with one attached hydrogen (secondary N) is 2. The Kier molecular flexibility index (Phi) is 5.32. The standard InChI is InChI=1S/C19H22N6O2.ClH/c26-16-10-15(13-5-7-20-8-6-13)25-19(22-16)14(11-21-25)18-23-17(27-24-18)9-12-3-1-2-4-12;/h9-11,13,20H,1-8H2,(H,22,26);1H. The summed E-state index contributed by atoms with van der Waals surface area (Å²) in [6, 6.07) is 1.66. The minimum Gasteiger partial charge on any atom is -0.334 e. The van der Waals surface area contributed by atoms with Crippen LogP contribution in [-0.2, 0) is 0 Å². The number of rotatable bonds is 3. The van der Waals surface area contributed by atoms with Gasteiger partial charge in [-0.15, -0.1) is 12.4 Å². The van der Waals surface area contributed by atoms with E-state index in [4.69, 9.17) is 4.52 Å². The van der Waals surface area contributed by atoms with Crippen molar-refractivity contribution in [2.45, 2.75) is 44.4 Å². The first kappa shape index (κ1) is 18.9. The lowest BCUT2D eigenvalue weighted by atomic mass is 9.94. The Bertz CT molecular complexity index is 1050. The maximum atomic E-state index is 12.3. The van der Waals surface area contributed by atoms with Crippen LogP contribution in [0, 0.1) is 0 Å². The molecule has 9 heteroatoms. The van der Waals surface area contributed by atoms with Crippen molar-refractivity contribution in [2.75, 3.05) is 13.1 Å². The monoisotopic (exact) mass is 402 g/mol. The molecule has 2 fully saturated rings. The molecule has 0 unspecified atom stereocenters. The van der Waals surface area contributed by atoms with Gasteiger partial charge >= 0.3 is 0 Å². The van der Waals surface area contributed by atoms with Crippen molar-refractivity contribution in [3.05, 3.63) is 39.8 Å². The van der Waals surface area contributed by atoms with E-state index < -0.39 is 0 Å². The smallest absolute Gasteiger partial charge is 0.251 e. The van der Waals surface area contributed by atoms with E-state index in [2.05, 4.69) is 25.5 Å². The zero-order valence-corrected chi connectivity index (χ0v) is 16.3. The fourth-order valence-electron chi connectivity index (χ4n) is 4.14. The van der Waals surface area contributed by atoms with Crippen molar-refractivity contribution in [1.29, 1.82) is 0 Å². The number of aromatic amines is 1. The lowest BCUT2D eigenvalue weighted by Crippen LogP contribution is -2.28. The van der Waals surface area contributed by atoms with Gasteiger partial charge in [0.05, 0.1) is 17.5 Å². The maximum absolute atomic E-state index is 12.3. The molecule has 8 nitrogen and oxygen atoms in total. The number of hydrogen-bond donors (Lipinski definition) is 2. The van der Waals surface area contributed by atoms with Crippen molar-refractivity contribution in [2.24, 2.45) is 0 Å². The summed E-state index contributed by atoms with van der Waals surface area (Å²) < 4.78 is 7.22. The highest BCUT2D eigenvalue weighted by Crippen LogP contribution is 2.28. The molecular weight excluding hydrogens is 380 g/mol. The summed E-state index contributed by atoms with van der Waals surface area (Å²) >= 11 is 0. The second kappa shape index (κ2) is 7.89. The summed E-state index contributed by atoms with van der Waals surface area (Å²) in [5.41, 5.74) is 3.47. The molecule has 1 saturated heterocycles. The minimum atomic E-state index is -0.130. The number of piperidine rings is 1. The van der Waals surface area contributed by atoms with Gasteiger partial charge in [-0.2, -0.15) is 10.1 Å². The SMILES string of the molecule is Cl.O=c1cc(C2CCNCC2)n2ncc(-c3noc(C=C4CCCC4)n3)c2[nH]1. The van der Waals surface area contributed by atoms with Crippen LogP contribution in [-0.4, -0.2) is 37.8 Å². The average molecular weight is 403 g/mol. The van der Waals surface area contributed by atoms with Crippen LogP contribution in [0.3, 0.4) is 0 Å². The van der Waals surface area contributed by atoms with Crippen LogP contribution in [0.5, 0.6) is 0 Å². The molecule has 0 aromatic carbocycles. The van der Waals surface area contributed by atoms with Gasteiger partial charge in [-0.25, -0.2) is 4.52 Å². The maximum Gasteiger partial charge on any atom is 0.251 e. The normalized spacial score (nSPS) is 17.8. The fraction of sp³-hybridized carbons (Fsp3) is 0.474. The van der Waals surface area contributed by atoms with Crippen molar-refractivity contribution >= 4 is 24.1 Å². The van der Waals surface area contributed by atoms with E-state index >= 15 is 0 Å². The molecule has 2 aliphatic rings. The van der Waals surface area contributed by atoms with Gasteiger partial charge in [-0.1, -0.05) is 10.7 Å². The summed E-state index contributed by atoms with van der Waals surface area (Å²) in [4.78, 5) is 19.7. The first-order valence-electron chi connectivity index (χ1n) is 9.63. The number of halogens is 1. The lowest BCUT2D eigenvalue weighted by molar-refractivity contribution is 0.411. The molecule has 0 bridgehead atoms. The number of H-pyrrole nitrogens is 1. The quantitative estimate of drug-likeness (QED) is 0.698. The molecule has 28 heavy (non-hydrogen) atoms. The first-order valence-corrected chi connectivity index (χ1v) is 9.63. The molecule has 5 rings (SSSR count). The average Bonchev–Trinajstić information content (AvgIpc) is 3.43. The van der Waals surface area contributed by atoms with Crippen LogP contribution in [0.1, 0.15) is 56.0 Å². The van der Waals surface area contributed by atoms with Crippen LogP contribution >= 0.6 is 12.4 Å². The van der Waals surface area contributed by atoms with Gasteiger partial charge in [-0.05, 0) is 51.6 Å². The highest BCUT2D eigenvalue weighted by molar-refractivity contribution is 5.85. The van der Waals surface area contributed by atoms with Crippen molar-refractivity contribution in [1.82, 2.24) is 30.1 Å². The molecule has 0 atom stereocenters. The lowest BCUT2D eigenvalue weighted by Gasteiger charge is -2.23. The Hall–Kier alpha value is -2.45. The Balaban J connectivity index is 0.00000192. The predicted molar refractivity (Wildman–Crippen MR) is 108 cm³/mol.